The summed E-state index contributed by atoms with van der Waals surface area (Å²) in [7, 11) is 0. The van der Waals surface area contributed by atoms with Crippen LogP contribution in [0.1, 0.15) is 20.3 Å². The van der Waals surface area contributed by atoms with Crippen molar-refractivity contribution < 1.29 is 37.0 Å². The maximum atomic E-state index is 12.9. The summed E-state index contributed by atoms with van der Waals surface area (Å²) in [4.78, 5) is 31.1. The summed E-state index contributed by atoms with van der Waals surface area (Å²) in [6.07, 6.45) is -2.22. The average molecular weight is 408 g/mol. The molecule has 2 aliphatic heterocycles. The van der Waals surface area contributed by atoms with E-state index in [1.165, 1.54) is 0 Å². The predicted molar refractivity (Wildman–Crippen MR) is 87.9 cm³/mol. The maximum Gasteiger partial charge on any atom is 0.490 e. The lowest BCUT2D eigenvalue weighted by atomic mass is 9.99. The highest BCUT2D eigenvalue weighted by molar-refractivity contribution is 5.80. The molecule has 0 aliphatic carbocycles. The number of carbonyl (C=O) groups excluding carboxylic acids is 1. The largest absolute Gasteiger partial charge is 0.490 e. The lowest BCUT2D eigenvalue weighted by Crippen LogP contribution is -2.46. The number of anilines is 1. The molecular formula is C16H20F4N4O4. The topological polar surface area (TPSA) is 105 Å². The number of hydrogen-bond acceptors (Lipinski definition) is 6. The first kappa shape index (κ1) is 21.8. The van der Waals surface area contributed by atoms with E-state index in [0.717, 1.165) is 12.4 Å². The highest BCUT2D eigenvalue weighted by Gasteiger charge is 2.45. The number of halogens is 4. The highest BCUT2D eigenvalue weighted by Crippen LogP contribution is 2.33. The van der Waals surface area contributed by atoms with E-state index in [-0.39, 0.29) is 30.1 Å². The number of carboxylic acids is 1. The minimum atomic E-state index is -5.08. The molecule has 3 heterocycles. The summed E-state index contributed by atoms with van der Waals surface area (Å²) >= 11 is 0. The van der Waals surface area contributed by atoms with E-state index in [9.17, 15) is 22.4 Å². The monoisotopic (exact) mass is 408 g/mol. The van der Waals surface area contributed by atoms with E-state index in [1.807, 2.05) is 18.7 Å². The molecule has 3 rings (SSSR count). The van der Waals surface area contributed by atoms with E-state index in [4.69, 9.17) is 14.6 Å². The minimum absolute atomic E-state index is 0.000292. The van der Waals surface area contributed by atoms with Gasteiger partial charge in [0.05, 0.1) is 30.5 Å². The summed E-state index contributed by atoms with van der Waals surface area (Å²) in [6, 6.07) is 0.120. The minimum Gasteiger partial charge on any atom is -0.475 e. The van der Waals surface area contributed by atoms with Gasteiger partial charge in [0.15, 0.2) is 5.82 Å². The van der Waals surface area contributed by atoms with Crippen LogP contribution in [0, 0.1) is 11.7 Å². The third kappa shape index (κ3) is 5.75. The number of carbonyl (C=O) groups is 2. The molecule has 3 atom stereocenters. The molecule has 12 heteroatoms. The van der Waals surface area contributed by atoms with E-state index >= 15 is 0 Å². The van der Waals surface area contributed by atoms with Crippen molar-refractivity contribution in [1.82, 2.24) is 15.3 Å². The number of nitrogens with one attached hydrogen (secondary N) is 1. The molecule has 156 valence electrons. The Morgan fingerprint density at radius 3 is 2.36 bits per heavy atom. The molecule has 0 radical (unpaired) electrons. The van der Waals surface area contributed by atoms with Crippen molar-refractivity contribution in [3.63, 3.8) is 0 Å². The number of aliphatic carboxylic acids is 1. The van der Waals surface area contributed by atoms with Gasteiger partial charge in [-0.2, -0.15) is 13.2 Å². The van der Waals surface area contributed by atoms with E-state index in [1.54, 1.807) is 0 Å². The molecule has 2 aliphatic rings. The summed E-state index contributed by atoms with van der Waals surface area (Å²) in [5.41, 5.74) is 0. The normalized spacial score (nSPS) is 23.8. The summed E-state index contributed by atoms with van der Waals surface area (Å²) in [5, 5.41) is 10.1. The molecule has 1 aromatic rings. The number of carboxylic acid groups (broad SMARTS) is 1. The SMILES string of the molecule is CC(C)NC(=O)C1CC2CN(c3ncc(F)cn3)CC1O2.O=C(O)C(F)(F)F. The van der Waals surface area contributed by atoms with Gasteiger partial charge < -0.3 is 20.1 Å². The molecule has 0 spiro atoms. The Morgan fingerprint density at radius 1 is 1.29 bits per heavy atom. The number of hydrogen-bond donors (Lipinski definition) is 2. The van der Waals surface area contributed by atoms with Gasteiger partial charge in [-0.15, -0.1) is 0 Å². The number of fused-ring (bicyclic) bond motifs is 2. The first-order chi connectivity index (χ1) is 13.0. The Balaban J connectivity index is 0.000000345. The lowest BCUT2D eigenvalue weighted by molar-refractivity contribution is -0.192. The zero-order valence-electron chi connectivity index (χ0n) is 15.1. The Morgan fingerprint density at radius 2 is 1.86 bits per heavy atom. The Hall–Kier alpha value is -2.50. The van der Waals surface area contributed by atoms with Gasteiger partial charge in [-0.3, -0.25) is 4.79 Å². The molecule has 3 unspecified atom stereocenters. The van der Waals surface area contributed by atoms with Gasteiger partial charge in [-0.05, 0) is 20.3 Å². The fraction of sp³-hybridized carbons (Fsp3) is 0.625. The summed E-state index contributed by atoms with van der Waals surface area (Å²) in [5.74, 6) is -2.82. The van der Waals surface area contributed by atoms with Crippen molar-refractivity contribution in [3.05, 3.63) is 18.2 Å². The van der Waals surface area contributed by atoms with Gasteiger partial charge in [-0.1, -0.05) is 0 Å². The number of ether oxygens (including phenoxy) is 1. The molecule has 8 nitrogen and oxygen atoms in total. The number of rotatable bonds is 3. The number of aromatic nitrogens is 2. The van der Waals surface area contributed by atoms with Crippen LogP contribution in [0.5, 0.6) is 0 Å². The standard InChI is InChI=1S/C14H19FN4O2.C2HF3O2/c1-8(2)18-13(20)11-3-10-6-19(7-12(11)21-10)14-16-4-9(15)5-17-14;3-2(4,5)1(6)7/h4-5,8,10-12H,3,6-7H2,1-2H3,(H,18,20);(H,6,7). The van der Waals surface area contributed by atoms with Crippen LogP contribution >= 0.6 is 0 Å². The van der Waals surface area contributed by atoms with Crippen molar-refractivity contribution in [2.45, 2.75) is 44.7 Å². The molecule has 0 aromatic carbocycles. The second-order valence-electron chi connectivity index (χ2n) is 6.71. The fourth-order valence-corrected chi connectivity index (χ4v) is 2.96. The quantitative estimate of drug-likeness (QED) is 0.728. The molecule has 28 heavy (non-hydrogen) atoms. The van der Waals surface area contributed by atoms with Crippen molar-refractivity contribution in [2.24, 2.45) is 5.92 Å². The van der Waals surface area contributed by atoms with Crippen molar-refractivity contribution in [3.8, 4) is 0 Å². The number of alkyl halides is 3. The molecule has 0 saturated carbocycles. The molecule has 1 aromatic heterocycles. The maximum absolute atomic E-state index is 12.9. The van der Waals surface area contributed by atoms with E-state index in [0.29, 0.717) is 25.5 Å². The first-order valence-corrected chi connectivity index (χ1v) is 8.45. The van der Waals surface area contributed by atoms with Gasteiger partial charge in [0.2, 0.25) is 11.9 Å². The lowest BCUT2D eigenvalue weighted by Gasteiger charge is -2.32. The summed E-state index contributed by atoms with van der Waals surface area (Å²) in [6.45, 7) is 5.07. The number of nitrogens with zero attached hydrogens (tertiary/aromatic N) is 3. The Kier molecular flexibility index (Phi) is 6.75. The van der Waals surface area contributed by atoms with Crippen LogP contribution in [-0.4, -0.2) is 64.5 Å². The third-order valence-electron chi connectivity index (χ3n) is 4.06. The first-order valence-electron chi connectivity index (χ1n) is 8.45. The van der Waals surface area contributed by atoms with Crippen LogP contribution in [0.4, 0.5) is 23.5 Å². The van der Waals surface area contributed by atoms with Crippen LogP contribution < -0.4 is 10.2 Å². The third-order valence-corrected chi connectivity index (χ3v) is 4.06. The Bertz CT molecular complexity index is 699. The molecule has 2 fully saturated rings. The molecule has 2 bridgehead atoms. The van der Waals surface area contributed by atoms with Crippen LogP contribution in [0.15, 0.2) is 12.4 Å². The van der Waals surface area contributed by atoms with E-state index < -0.39 is 18.0 Å². The highest BCUT2D eigenvalue weighted by atomic mass is 19.4. The smallest absolute Gasteiger partial charge is 0.475 e. The number of amides is 1. The molecule has 2 N–H and O–H groups in total. The number of morpholine rings is 1. The van der Waals surface area contributed by atoms with E-state index in [2.05, 4.69) is 15.3 Å². The predicted octanol–water partition coefficient (Wildman–Crippen LogP) is 1.37. The van der Waals surface area contributed by atoms with Gasteiger partial charge in [0.1, 0.15) is 0 Å². The zero-order valence-corrected chi connectivity index (χ0v) is 15.1. The fourth-order valence-electron chi connectivity index (χ4n) is 2.96. The van der Waals surface area contributed by atoms with Crippen LogP contribution in [0.2, 0.25) is 0 Å². The average Bonchev–Trinajstić information content (AvgIpc) is 2.88. The second-order valence-corrected chi connectivity index (χ2v) is 6.71. The molecular weight excluding hydrogens is 388 g/mol. The molecule has 1 amide bonds. The van der Waals surface area contributed by atoms with Gasteiger partial charge in [0.25, 0.3) is 0 Å². The summed E-state index contributed by atoms with van der Waals surface area (Å²) < 4.78 is 50.5. The molecule has 2 saturated heterocycles. The van der Waals surface area contributed by atoms with Crippen molar-refractivity contribution in [2.75, 3.05) is 18.0 Å². The Labute approximate surface area is 157 Å². The van der Waals surface area contributed by atoms with Crippen LogP contribution in [0.3, 0.4) is 0 Å². The van der Waals surface area contributed by atoms with Gasteiger partial charge in [0, 0.05) is 19.1 Å². The van der Waals surface area contributed by atoms with Crippen molar-refractivity contribution in [1.29, 1.82) is 0 Å². The second kappa shape index (κ2) is 8.67. The zero-order chi connectivity index (χ0) is 21.1. The van der Waals surface area contributed by atoms with Crippen LogP contribution in [0.25, 0.3) is 0 Å². The van der Waals surface area contributed by atoms with Crippen LogP contribution in [-0.2, 0) is 14.3 Å². The van der Waals surface area contributed by atoms with Gasteiger partial charge in [-0.25, -0.2) is 19.2 Å². The van der Waals surface area contributed by atoms with Gasteiger partial charge >= 0.3 is 12.1 Å². The van der Waals surface area contributed by atoms with Crippen molar-refractivity contribution >= 4 is 17.8 Å².